The summed E-state index contributed by atoms with van der Waals surface area (Å²) in [6, 6.07) is 2.91. The van der Waals surface area contributed by atoms with Crippen molar-refractivity contribution in [2.24, 2.45) is 0 Å². The second kappa shape index (κ2) is 3.15. The highest BCUT2D eigenvalue weighted by Gasteiger charge is 2.14. The average molecular weight is 229 g/mol. The van der Waals surface area contributed by atoms with Crippen molar-refractivity contribution in [3.05, 3.63) is 28.1 Å². The molecule has 1 heterocycles. The van der Waals surface area contributed by atoms with Gasteiger partial charge in [-0.1, -0.05) is 11.6 Å². The van der Waals surface area contributed by atoms with Gasteiger partial charge in [-0.15, -0.1) is 11.3 Å². The molecule has 0 amide bonds. The first-order valence-corrected chi connectivity index (χ1v) is 4.99. The van der Waals surface area contributed by atoms with E-state index < -0.39 is 5.97 Å². The Morgan fingerprint density at radius 2 is 2.14 bits per heavy atom. The summed E-state index contributed by atoms with van der Waals surface area (Å²) in [6.07, 6.45) is 0. The van der Waals surface area contributed by atoms with Gasteiger partial charge in [-0.3, -0.25) is 0 Å². The van der Waals surface area contributed by atoms with Gasteiger partial charge in [-0.05, 0) is 12.1 Å². The number of carboxylic acid groups (broad SMARTS) is 1. The number of hydrogen-bond acceptors (Lipinski definition) is 3. The Labute approximate surface area is 88.2 Å². The normalized spacial score (nSPS) is 10.6. The second-order valence-corrected chi connectivity index (χ2v) is 4.01. The number of halogens is 1. The standard InChI is InChI=1S/C9H5ClO3S/c10-5-2-1-4(9(12)13)8-7(5)6(11)3-14-8/h1-3,11H,(H,12,13). The van der Waals surface area contributed by atoms with Gasteiger partial charge in [0, 0.05) is 5.38 Å². The number of thiophene rings is 1. The molecule has 5 heteroatoms. The number of hydrogen-bond donors (Lipinski definition) is 2. The summed E-state index contributed by atoms with van der Waals surface area (Å²) in [5, 5.41) is 20.5. The van der Waals surface area contributed by atoms with Crippen LogP contribution in [0.2, 0.25) is 5.02 Å². The summed E-state index contributed by atoms with van der Waals surface area (Å²) in [7, 11) is 0. The second-order valence-electron chi connectivity index (χ2n) is 2.73. The first kappa shape index (κ1) is 9.30. The van der Waals surface area contributed by atoms with Crippen molar-refractivity contribution in [1.82, 2.24) is 0 Å². The first-order chi connectivity index (χ1) is 6.61. The molecular formula is C9H5ClO3S. The van der Waals surface area contributed by atoms with Gasteiger partial charge in [0.25, 0.3) is 0 Å². The number of carboxylic acids is 1. The fourth-order valence-corrected chi connectivity index (χ4v) is 2.53. The molecule has 0 aliphatic carbocycles. The van der Waals surface area contributed by atoms with Crippen LogP contribution in [0.3, 0.4) is 0 Å². The van der Waals surface area contributed by atoms with Crippen LogP contribution in [0.15, 0.2) is 17.5 Å². The van der Waals surface area contributed by atoms with Crippen LogP contribution >= 0.6 is 22.9 Å². The molecule has 14 heavy (non-hydrogen) atoms. The Hall–Kier alpha value is -1.26. The van der Waals surface area contributed by atoms with Crippen LogP contribution in [-0.4, -0.2) is 16.2 Å². The lowest BCUT2D eigenvalue weighted by Gasteiger charge is -1.98. The molecule has 2 N–H and O–H groups in total. The zero-order valence-corrected chi connectivity index (χ0v) is 8.39. The SMILES string of the molecule is O=C(O)c1ccc(Cl)c2c(O)csc12. The molecule has 3 nitrogen and oxygen atoms in total. The molecule has 0 saturated heterocycles. The van der Waals surface area contributed by atoms with E-state index >= 15 is 0 Å². The quantitative estimate of drug-likeness (QED) is 0.789. The molecule has 0 fully saturated rings. The smallest absolute Gasteiger partial charge is 0.337 e. The number of fused-ring (bicyclic) bond motifs is 1. The lowest BCUT2D eigenvalue weighted by Crippen LogP contribution is -1.95. The minimum Gasteiger partial charge on any atom is -0.506 e. The van der Waals surface area contributed by atoms with E-state index in [-0.39, 0.29) is 11.3 Å². The number of aromatic hydroxyl groups is 1. The van der Waals surface area contributed by atoms with Crippen LogP contribution in [0.4, 0.5) is 0 Å². The van der Waals surface area contributed by atoms with Crippen molar-refractivity contribution in [2.45, 2.75) is 0 Å². The molecular weight excluding hydrogens is 224 g/mol. The van der Waals surface area contributed by atoms with E-state index in [4.69, 9.17) is 16.7 Å². The highest BCUT2D eigenvalue weighted by Crippen LogP contribution is 2.38. The summed E-state index contributed by atoms with van der Waals surface area (Å²) in [4.78, 5) is 10.8. The minimum atomic E-state index is -1.02. The molecule has 0 spiro atoms. The summed E-state index contributed by atoms with van der Waals surface area (Å²) in [5.74, 6) is -0.994. The van der Waals surface area contributed by atoms with Gasteiger partial charge in [0.1, 0.15) is 5.75 Å². The maximum absolute atomic E-state index is 10.8. The molecule has 0 radical (unpaired) electrons. The molecule has 0 aliphatic heterocycles. The highest BCUT2D eigenvalue weighted by molar-refractivity contribution is 7.18. The molecule has 0 atom stereocenters. The maximum Gasteiger partial charge on any atom is 0.337 e. The number of aromatic carboxylic acids is 1. The van der Waals surface area contributed by atoms with Gasteiger partial charge < -0.3 is 10.2 Å². The van der Waals surface area contributed by atoms with Crippen molar-refractivity contribution in [1.29, 1.82) is 0 Å². The predicted molar refractivity (Wildman–Crippen MR) is 55.5 cm³/mol. The van der Waals surface area contributed by atoms with Gasteiger partial charge in [0.2, 0.25) is 0 Å². The van der Waals surface area contributed by atoms with E-state index in [1.165, 1.54) is 28.8 Å². The van der Waals surface area contributed by atoms with Gasteiger partial charge in [-0.2, -0.15) is 0 Å². The molecule has 0 bridgehead atoms. The third kappa shape index (κ3) is 1.23. The lowest BCUT2D eigenvalue weighted by molar-refractivity contribution is 0.0699. The van der Waals surface area contributed by atoms with E-state index in [1.54, 1.807) is 0 Å². The molecule has 2 aromatic rings. The summed E-state index contributed by atoms with van der Waals surface area (Å²) in [5.41, 5.74) is 0.162. The molecule has 2 rings (SSSR count). The molecule has 0 saturated carbocycles. The van der Waals surface area contributed by atoms with E-state index in [9.17, 15) is 9.90 Å². The number of rotatable bonds is 1. The fraction of sp³-hybridized carbons (Fsp3) is 0. The Kier molecular flexibility index (Phi) is 2.09. The topological polar surface area (TPSA) is 57.5 Å². The zero-order chi connectivity index (χ0) is 10.3. The third-order valence-corrected chi connectivity index (χ3v) is 3.20. The monoisotopic (exact) mass is 228 g/mol. The lowest BCUT2D eigenvalue weighted by atomic mass is 10.1. The molecule has 0 aliphatic rings. The van der Waals surface area contributed by atoms with Gasteiger partial charge >= 0.3 is 5.97 Å². The van der Waals surface area contributed by atoms with Crippen LogP contribution < -0.4 is 0 Å². The van der Waals surface area contributed by atoms with Crippen molar-refractivity contribution < 1.29 is 15.0 Å². The number of benzene rings is 1. The van der Waals surface area contributed by atoms with Crippen LogP contribution in [-0.2, 0) is 0 Å². The van der Waals surface area contributed by atoms with E-state index in [2.05, 4.69) is 0 Å². The van der Waals surface area contributed by atoms with Gasteiger partial charge in [-0.25, -0.2) is 4.79 Å². The van der Waals surface area contributed by atoms with Gasteiger partial charge in [0.05, 0.1) is 20.7 Å². The highest BCUT2D eigenvalue weighted by atomic mass is 35.5. The summed E-state index contributed by atoms with van der Waals surface area (Å²) < 4.78 is 0.502. The molecule has 1 aromatic carbocycles. The van der Waals surface area contributed by atoms with E-state index in [0.29, 0.717) is 15.1 Å². The van der Waals surface area contributed by atoms with Crippen LogP contribution in [0.5, 0.6) is 5.75 Å². The van der Waals surface area contributed by atoms with Crippen molar-refractivity contribution in [3.8, 4) is 5.75 Å². The third-order valence-electron chi connectivity index (χ3n) is 1.88. The zero-order valence-electron chi connectivity index (χ0n) is 6.82. The van der Waals surface area contributed by atoms with Crippen molar-refractivity contribution >= 4 is 39.0 Å². The Bertz CT molecular complexity index is 518. The average Bonchev–Trinajstić information content (AvgIpc) is 2.49. The van der Waals surface area contributed by atoms with E-state index in [1.807, 2.05) is 0 Å². The summed E-state index contributed by atoms with van der Waals surface area (Å²) in [6.45, 7) is 0. The maximum atomic E-state index is 10.8. The van der Waals surface area contributed by atoms with E-state index in [0.717, 1.165) is 0 Å². The fourth-order valence-electron chi connectivity index (χ4n) is 1.26. The van der Waals surface area contributed by atoms with Crippen LogP contribution in [0.25, 0.3) is 10.1 Å². The Balaban J connectivity index is 2.90. The Morgan fingerprint density at radius 1 is 1.43 bits per heavy atom. The van der Waals surface area contributed by atoms with Crippen molar-refractivity contribution in [2.75, 3.05) is 0 Å². The number of carbonyl (C=O) groups is 1. The molecule has 1 aromatic heterocycles. The van der Waals surface area contributed by atoms with Crippen LogP contribution in [0.1, 0.15) is 10.4 Å². The van der Waals surface area contributed by atoms with Crippen LogP contribution in [0, 0.1) is 0 Å². The summed E-state index contributed by atoms with van der Waals surface area (Å²) >= 11 is 7.00. The molecule has 0 unspecified atom stereocenters. The largest absolute Gasteiger partial charge is 0.506 e. The Morgan fingerprint density at radius 3 is 2.79 bits per heavy atom. The van der Waals surface area contributed by atoms with Gasteiger partial charge in [0.15, 0.2) is 0 Å². The minimum absolute atomic E-state index is 0.0260. The van der Waals surface area contributed by atoms with Crippen molar-refractivity contribution in [3.63, 3.8) is 0 Å². The first-order valence-electron chi connectivity index (χ1n) is 3.73. The predicted octanol–water partition coefficient (Wildman–Crippen LogP) is 2.96. The molecule has 72 valence electrons.